The minimum Gasteiger partial charge on any atom is -0.339 e. The number of nitrogens with zero attached hydrogens (tertiary/aromatic N) is 2. The van der Waals surface area contributed by atoms with Gasteiger partial charge in [-0.2, -0.15) is 0 Å². The van der Waals surface area contributed by atoms with Gasteiger partial charge < -0.3 is 9.80 Å². The van der Waals surface area contributed by atoms with Gasteiger partial charge in [0.1, 0.15) is 0 Å². The Bertz CT molecular complexity index is 694. The maximum absolute atomic E-state index is 12.4. The van der Waals surface area contributed by atoms with Crippen molar-refractivity contribution in [1.82, 2.24) is 9.80 Å². The fourth-order valence-corrected chi connectivity index (χ4v) is 4.87. The smallest absolute Gasteiger partial charge is 0.253 e. The minimum atomic E-state index is -3.05. The summed E-state index contributed by atoms with van der Waals surface area (Å²) in [5, 5.41) is 0. The van der Waals surface area contributed by atoms with E-state index in [1.165, 1.54) is 0 Å². The zero-order valence-corrected chi connectivity index (χ0v) is 13.7. The number of benzene rings is 1. The van der Waals surface area contributed by atoms with Gasteiger partial charge in [0, 0.05) is 31.7 Å². The van der Waals surface area contributed by atoms with Crippen LogP contribution in [0.5, 0.6) is 0 Å². The summed E-state index contributed by atoms with van der Waals surface area (Å²) in [4.78, 5) is 28.2. The molecule has 23 heavy (non-hydrogen) atoms. The third kappa shape index (κ3) is 3.55. The molecule has 0 aliphatic carbocycles. The molecule has 0 saturated carbocycles. The minimum absolute atomic E-state index is 0.0267. The lowest BCUT2D eigenvalue weighted by molar-refractivity contribution is -0.136. The molecule has 0 aromatic heterocycles. The zero-order valence-electron chi connectivity index (χ0n) is 12.8. The molecule has 2 heterocycles. The molecule has 6 nitrogen and oxygen atoms in total. The van der Waals surface area contributed by atoms with Gasteiger partial charge in [-0.25, -0.2) is 8.42 Å². The molecular weight excluding hydrogens is 316 g/mol. The molecule has 1 atom stereocenters. The van der Waals surface area contributed by atoms with E-state index in [0.717, 1.165) is 0 Å². The van der Waals surface area contributed by atoms with E-state index in [1.54, 1.807) is 21.9 Å². The van der Waals surface area contributed by atoms with Crippen molar-refractivity contribution in [3.8, 4) is 0 Å². The topological polar surface area (TPSA) is 74.8 Å². The van der Waals surface area contributed by atoms with Crippen molar-refractivity contribution >= 4 is 21.7 Å². The second-order valence-corrected chi connectivity index (χ2v) is 8.31. The van der Waals surface area contributed by atoms with Crippen molar-refractivity contribution in [2.75, 3.05) is 37.7 Å². The van der Waals surface area contributed by atoms with Gasteiger partial charge >= 0.3 is 0 Å². The van der Waals surface area contributed by atoms with Crippen LogP contribution in [0.25, 0.3) is 0 Å². The summed E-state index contributed by atoms with van der Waals surface area (Å²) in [5.74, 6) is -0.444. The second-order valence-electron chi connectivity index (χ2n) is 6.08. The summed E-state index contributed by atoms with van der Waals surface area (Å²) < 4.78 is 23.0. The molecule has 2 fully saturated rings. The molecule has 1 aromatic rings. The van der Waals surface area contributed by atoms with E-state index in [4.69, 9.17) is 0 Å². The molecule has 2 aliphatic rings. The number of piperazine rings is 1. The highest BCUT2D eigenvalue weighted by Gasteiger charge is 2.36. The Morgan fingerprint density at radius 3 is 2.13 bits per heavy atom. The van der Waals surface area contributed by atoms with Crippen LogP contribution in [0.3, 0.4) is 0 Å². The van der Waals surface area contributed by atoms with Crippen molar-refractivity contribution in [2.45, 2.75) is 6.42 Å². The molecule has 0 bridgehead atoms. The largest absolute Gasteiger partial charge is 0.339 e. The summed E-state index contributed by atoms with van der Waals surface area (Å²) in [7, 11) is -3.05. The lowest BCUT2D eigenvalue weighted by atomic mass is 10.1. The van der Waals surface area contributed by atoms with Crippen molar-refractivity contribution in [3.05, 3.63) is 35.9 Å². The number of hydrogen-bond acceptors (Lipinski definition) is 4. The first-order valence-corrected chi connectivity index (χ1v) is 9.62. The third-order valence-corrected chi connectivity index (χ3v) is 6.25. The normalized spacial score (nSPS) is 23.7. The molecule has 0 spiro atoms. The Kier molecular flexibility index (Phi) is 4.39. The number of amides is 2. The first kappa shape index (κ1) is 16.0. The Morgan fingerprint density at radius 1 is 0.957 bits per heavy atom. The van der Waals surface area contributed by atoms with E-state index in [2.05, 4.69) is 0 Å². The molecule has 124 valence electrons. The zero-order chi connectivity index (χ0) is 16.4. The van der Waals surface area contributed by atoms with Gasteiger partial charge in [0.2, 0.25) is 5.91 Å². The quantitative estimate of drug-likeness (QED) is 0.784. The molecule has 0 N–H and O–H groups in total. The van der Waals surface area contributed by atoms with Gasteiger partial charge in [0.05, 0.1) is 17.4 Å². The van der Waals surface area contributed by atoms with E-state index in [-0.39, 0.29) is 23.3 Å². The van der Waals surface area contributed by atoms with Gasteiger partial charge in [-0.3, -0.25) is 9.59 Å². The van der Waals surface area contributed by atoms with Crippen molar-refractivity contribution in [3.63, 3.8) is 0 Å². The lowest BCUT2D eigenvalue weighted by Crippen LogP contribution is -2.52. The molecule has 2 amide bonds. The van der Waals surface area contributed by atoms with Crippen LogP contribution in [0.1, 0.15) is 16.8 Å². The van der Waals surface area contributed by atoms with E-state index >= 15 is 0 Å². The van der Waals surface area contributed by atoms with Crippen LogP contribution in [0.4, 0.5) is 0 Å². The summed E-state index contributed by atoms with van der Waals surface area (Å²) in [6.45, 7) is 1.90. The highest BCUT2D eigenvalue weighted by Crippen LogP contribution is 2.21. The number of carbonyl (C=O) groups is 2. The SMILES string of the molecule is O=C(c1ccccc1)N1CCN(C(=O)C2CCS(=O)(=O)C2)CC1. The number of rotatable bonds is 2. The molecule has 1 aromatic carbocycles. The van der Waals surface area contributed by atoms with E-state index < -0.39 is 15.8 Å². The fraction of sp³-hybridized carbons (Fsp3) is 0.500. The highest BCUT2D eigenvalue weighted by atomic mass is 32.2. The molecule has 0 radical (unpaired) electrons. The first-order valence-electron chi connectivity index (χ1n) is 7.80. The van der Waals surface area contributed by atoms with Crippen LogP contribution in [-0.4, -0.2) is 67.7 Å². The van der Waals surface area contributed by atoms with Crippen molar-refractivity contribution < 1.29 is 18.0 Å². The molecular formula is C16H20N2O4S. The summed E-state index contributed by atoms with van der Waals surface area (Å²) in [5.41, 5.74) is 0.647. The first-order chi connectivity index (χ1) is 11.0. The highest BCUT2D eigenvalue weighted by molar-refractivity contribution is 7.91. The fourth-order valence-electron chi connectivity index (χ4n) is 3.14. The second kappa shape index (κ2) is 6.31. The van der Waals surface area contributed by atoms with E-state index in [1.807, 2.05) is 18.2 Å². The number of hydrogen-bond donors (Lipinski definition) is 0. The van der Waals surface area contributed by atoms with Crippen LogP contribution in [0, 0.1) is 5.92 Å². The van der Waals surface area contributed by atoms with Gasteiger partial charge in [-0.15, -0.1) is 0 Å². The monoisotopic (exact) mass is 336 g/mol. The Labute approximate surface area is 136 Å². The summed E-state index contributed by atoms with van der Waals surface area (Å²) in [6, 6.07) is 9.08. The molecule has 1 unspecified atom stereocenters. The number of carbonyl (C=O) groups excluding carboxylic acids is 2. The maximum Gasteiger partial charge on any atom is 0.253 e. The summed E-state index contributed by atoms with van der Waals surface area (Å²) >= 11 is 0. The van der Waals surface area contributed by atoms with Crippen LogP contribution in [0.15, 0.2) is 30.3 Å². The van der Waals surface area contributed by atoms with Gasteiger partial charge in [-0.1, -0.05) is 18.2 Å². The van der Waals surface area contributed by atoms with E-state index in [9.17, 15) is 18.0 Å². The Morgan fingerprint density at radius 2 is 1.57 bits per heavy atom. The van der Waals surface area contributed by atoms with Gasteiger partial charge in [0.25, 0.3) is 5.91 Å². The predicted molar refractivity (Wildman–Crippen MR) is 85.7 cm³/mol. The molecule has 3 rings (SSSR count). The van der Waals surface area contributed by atoms with Crippen molar-refractivity contribution in [2.24, 2.45) is 5.92 Å². The third-order valence-electron chi connectivity index (χ3n) is 4.48. The Hall–Kier alpha value is -1.89. The molecule has 2 aliphatic heterocycles. The average Bonchev–Trinajstić information content (AvgIpc) is 2.94. The summed E-state index contributed by atoms with van der Waals surface area (Å²) in [6.07, 6.45) is 0.421. The standard InChI is InChI=1S/C16H20N2O4S/c19-15(13-4-2-1-3-5-13)17-7-9-18(10-8-17)16(20)14-6-11-23(21,22)12-14/h1-5,14H,6-12H2. The molecule has 7 heteroatoms. The van der Waals surface area contributed by atoms with Gasteiger partial charge in [0.15, 0.2) is 9.84 Å². The predicted octanol–water partition coefficient (Wildman–Crippen LogP) is 0.406. The van der Waals surface area contributed by atoms with Crippen LogP contribution in [0.2, 0.25) is 0 Å². The van der Waals surface area contributed by atoms with Gasteiger partial charge in [-0.05, 0) is 18.6 Å². The molecule has 2 saturated heterocycles. The van der Waals surface area contributed by atoms with Crippen molar-refractivity contribution in [1.29, 1.82) is 0 Å². The Balaban J connectivity index is 1.56. The van der Waals surface area contributed by atoms with Crippen LogP contribution in [-0.2, 0) is 14.6 Å². The maximum atomic E-state index is 12.4. The average molecular weight is 336 g/mol. The van der Waals surface area contributed by atoms with Crippen LogP contribution < -0.4 is 0 Å². The van der Waals surface area contributed by atoms with E-state index in [0.29, 0.717) is 38.2 Å². The number of sulfone groups is 1. The van der Waals surface area contributed by atoms with Crippen LogP contribution >= 0.6 is 0 Å². The lowest BCUT2D eigenvalue weighted by Gasteiger charge is -2.35.